The number of benzene rings is 1. The third kappa shape index (κ3) is 2.43. The Hall–Kier alpha value is -1.75. The molecule has 5 heteroatoms. The summed E-state index contributed by atoms with van der Waals surface area (Å²) in [7, 11) is 1.60. The van der Waals surface area contributed by atoms with Crippen LogP contribution in [0, 0.1) is 0 Å². The number of nitrogens with zero attached hydrogens (tertiary/aromatic N) is 2. The quantitative estimate of drug-likeness (QED) is 0.824. The summed E-state index contributed by atoms with van der Waals surface area (Å²) in [6, 6.07) is 5.63. The molecule has 1 aromatic carbocycles. The van der Waals surface area contributed by atoms with Gasteiger partial charge in [-0.05, 0) is 18.2 Å². The van der Waals surface area contributed by atoms with E-state index in [1.807, 2.05) is 18.2 Å². The van der Waals surface area contributed by atoms with Crippen molar-refractivity contribution in [3.05, 3.63) is 36.8 Å². The zero-order chi connectivity index (χ0) is 11.4. The first-order valence-electron chi connectivity index (χ1n) is 4.67. The number of anilines is 1. The lowest BCUT2D eigenvalue weighted by atomic mass is 10.3. The highest BCUT2D eigenvalue weighted by molar-refractivity contribution is 7.99. The molecule has 2 N–H and O–H groups in total. The highest BCUT2D eigenvalue weighted by atomic mass is 32.2. The summed E-state index contributed by atoms with van der Waals surface area (Å²) >= 11 is 1.52. The molecule has 2 aromatic rings. The zero-order valence-corrected chi connectivity index (χ0v) is 9.57. The molecule has 0 amide bonds. The topological polar surface area (TPSA) is 61.0 Å². The number of ether oxygens (including phenoxy) is 1. The van der Waals surface area contributed by atoms with Crippen LogP contribution in [0.5, 0.6) is 5.75 Å². The van der Waals surface area contributed by atoms with Crippen molar-refractivity contribution < 1.29 is 4.74 Å². The van der Waals surface area contributed by atoms with Crippen molar-refractivity contribution in [2.45, 2.75) is 9.92 Å². The van der Waals surface area contributed by atoms with Crippen molar-refractivity contribution in [2.75, 3.05) is 12.8 Å². The zero-order valence-electron chi connectivity index (χ0n) is 8.75. The molecule has 1 heterocycles. The Morgan fingerprint density at radius 3 is 2.88 bits per heavy atom. The molecule has 1 aromatic heterocycles. The highest BCUT2D eigenvalue weighted by Gasteiger charge is 2.03. The fourth-order valence-corrected chi connectivity index (χ4v) is 1.98. The van der Waals surface area contributed by atoms with Gasteiger partial charge in [0.2, 0.25) is 0 Å². The van der Waals surface area contributed by atoms with Crippen LogP contribution in [0.15, 0.2) is 46.7 Å². The number of hydrogen-bond donors (Lipinski definition) is 1. The minimum Gasteiger partial charge on any atom is -0.495 e. The third-order valence-electron chi connectivity index (χ3n) is 1.97. The van der Waals surface area contributed by atoms with Gasteiger partial charge in [-0.15, -0.1) is 0 Å². The number of hydrogen-bond acceptors (Lipinski definition) is 5. The Morgan fingerprint density at radius 2 is 2.19 bits per heavy atom. The molecule has 16 heavy (non-hydrogen) atoms. The van der Waals surface area contributed by atoms with E-state index in [2.05, 4.69) is 9.97 Å². The molecule has 0 aliphatic heterocycles. The van der Waals surface area contributed by atoms with Gasteiger partial charge in [-0.1, -0.05) is 11.8 Å². The largest absolute Gasteiger partial charge is 0.495 e. The van der Waals surface area contributed by atoms with Crippen LogP contribution >= 0.6 is 11.8 Å². The smallest absolute Gasteiger partial charge is 0.142 e. The van der Waals surface area contributed by atoms with Gasteiger partial charge < -0.3 is 10.5 Å². The number of nitrogen functional groups attached to an aromatic ring is 1. The number of methoxy groups -OCH3 is 1. The molecule has 4 nitrogen and oxygen atoms in total. The van der Waals surface area contributed by atoms with Gasteiger partial charge in [0, 0.05) is 17.3 Å². The van der Waals surface area contributed by atoms with Crippen molar-refractivity contribution in [3.63, 3.8) is 0 Å². The predicted octanol–water partition coefficient (Wildman–Crippen LogP) is 2.22. The fraction of sp³-hybridized carbons (Fsp3) is 0.0909. The first-order chi connectivity index (χ1) is 7.79. The Balaban J connectivity index is 2.22. The van der Waals surface area contributed by atoms with Crippen LogP contribution in [0.3, 0.4) is 0 Å². The van der Waals surface area contributed by atoms with E-state index < -0.39 is 0 Å². The SMILES string of the molecule is COc1cc(Sc2cnccn2)ccc1N. The van der Waals surface area contributed by atoms with E-state index in [9.17, 15) is 0 Å². The lowest BCUT2D eigenvalue weighted by Gasteiger charge is -2.06. The summed E-state index contributed by atoms with van der Waals surface area (Å²) in [6.07, 6.45) is 5.03. The van der Waals surface area contributed by atoms with Gasteiger partial charge in [-0.2, -0.15) is 0 Å². The molecule has 0 radical (unpaired) electrons. The number of nitrogens with two attached hydrogens (primary N) is 1. The van der Waals surface area contributed by atoms with Crippen molar-refractivity contribution in [1.29, 1.82) is 0 Å². The van der Waals surface area contributed by atoms with Crippen molar-refractivity contribution in [2.24, 2.45) is 0 Å². The molecule has 0 spiro atoms. The molecule has 82 valence electrons. The maximum atomic E-state index is 5.73. The van der Waals surface area contributed by atoms with Crippen LogP contribution < -0.4 is 10.5 Å². The maximum Gasteiger partial charge on any atom is 0.142 e. The van der Waals surface area contributed by atoms with E-state index in [4.69, 9.17) is 10.5 Å². The number of aromatic nitrogens is 2. The monoisotopic (exact) mass is 233 g/mol. The van der Waals surface area contributed by atoms with Crippen molar-refractivity contribution in [3.8, 4) is 5.75 Å². The van der Waals surface area contributed by atoms with Crippen LogP contribution in [-0.4, -0.2) is 17.1 Å². The van der Waals surface area contributed by atoms with E-state index in [0.717, 1.165) is 9.92 Å². The average Bonchev–Trinajstić information content (AvgIpc) is 2.33. The summed E-state index contributed by atoms with van der Waals surface area (Å²) in [4.78, 5) is 9.20. The van der Waals surface area contributed by atoms with Gasteiger partial charge in [0.1, 0.15) is 10.8 Å². The summed E-state index contributed by atoms with van der Waals surface area (Å²) in [6.45, 7) is 0. The molecule has 0 aliphatic carbocycles. The summed E-state index contributed by atoms with van der Waals surface area (Å²) in [5, 5.41) is 0.842. The average molecular weight is 233 g/mol. The second-order valence-corrected chi connectivity index (χ2v) is 4.14. The maximum absolute atomic E-state index is 5.73. The van der Waals surface area contributed by atoms with Crippen molar-refractivity contribution >= 4 is 17.4 Å². The van der Waals surface area contributed by atoms with Crippen LogP contribution in [-0.2, 0) is 0 Å². The fourth-order valence-electron chi connectivity index (χ4n) is 1.21. The molecule has 0 fully saturated rings. The number of rotatable bonds is 3. The minimum absolute atomic E-state index is 0.631. The lowest BCUT2D eigenvalue weighted by molar-refractivity contribution is 0.416. The molecule has 0 saturated carbocycles. The molecular weight excluding hydrogens is 222 g/mol. The van der Waals surface area contributed by atoms with Gasteiger partial charge >= 0.3 is 0 Å². The highest BCUT2D eigenvalue weighted by Crippen LogP contribution is 2.31. The van der Waals surface area contributed by atoms with Gasteiger partial charge in [-0.3, -0.25) is 4.98 Å². The second-order valence-electron chi connectivity index (χ2n) is 3.05. The van der Waals surface area contributed by atoms with E-state index in [1.54, 1.807) is 25.7 Å². The lowest BCUT2D eigenvalue weighted by Crippen LogP contribution is -1.92. The third-order valence-corrected chi connectivity index (χ3v) is 2.88. The van der Waals surface area contributed by atoms with Crippen molar-refractivity contribution in [1.82, 2.24) is 9.97 Å². The molecular formula is C11H11N3OS. The normalized spacial score (nSPS) is 10.1. The summed E-state index contributed by atoms with van der Waals surface area (Å²) in [5.74, 6) is 0.675. The Labute approximate surface area is 97.9 Å². The first-order valence-corrected chi connectivity index (χ1v) is 5.48. The van der Waals surface area contributed by atoms with Gasteiger partial charge in [0.25, 0.3) is 0 Å². The molecule has 2 rings (SSSR count). The van der Waals surface area contributed by atoms with E-state index in [0.29, 0.717) is 11.4 Å². The molecule has 0 unspecified atom stereocenters. The molecule has 0 bridgehead atoms. The Bertz CT molecular complexity index is 476. The summed E-state index contributed by atoms with van der Waals surface area (Å²) < 4.78 is 5.15. The Kier molecular flexibility index (Phi) is 3.26. The van der Waals surface area contributed by atoms with Gasteiger partial charge in [0.05, 0.1) is 19.0 Å². The summed E-state index contributed by atoms with van der Waals surface area (Å²) in [5.41, 5.74) is 6.36. The molecule has 0 atom stereocenters. The van der Waals surface area contributed by atoms with Crippen LogP contribution in [0.25, 0.3) is 0 Å². The second kappa shape index (κ2) is 4.85. The molecule has 0 aliphatic rings. The molecule has 0 saturated heterocycles. The Morgan fingerprint density at radius 1 is 1.31 bits per heavy atom. The first kappa shape index (κ1) is 10.8. The van der Waals surface area contributed by atoms with E-state index in [1.165, 1.54) is 11.8 Å². The van der Waals surface area contributed by atoms with E-state index in [-0.39, 0.29) is 0 Å². The minimum atomic E-state index is 0.631. The van der Waals surface area contributed by atoms with Crippen LogP contribution in [0.2, 0.25) is 0 Å². The van der Waals surface area contributed by atoms with Crippen LogP contribution in [0.4, 0.5) is 5.69 Å². The van der Waals surface area contributed by atoms with Gasteiger partial charge in [-0.25, -0.2) is 4.98 Å². The standard InChI is InChI=1S/C11H11N3OS/c1-15-10-6-8(2-3-9(10)12)16-11-7-13-4-5-14-11/h2-7H,12H2,1H3. The van der Waals surface area contributed by atoms with E-state index >= 15 is 0 Å². The van der Waals surface area contributed by atoms with Gasteiger partial charge in [0.15, 0.2) is 0 Å². The van der Waals surface area contributed by atoms with Crippen LogP contribution in [0.1, 0.15) is 0 Å². The predicted molar refractivity (Wildman–Crippen MR) is 63.6 cm³/mol.